The lowest BCUT2D eigenvalue weighted by Gasteiger charge is -1.94. The van der Waals surface area contributed by atoms with Crippen LogP contribution < -0.4 is 5.32 Å². The second-order valence-corrected chi connectivity index (χ2v) is 1.56. The van der Waals surface area contributed by atoms with Gasteiger partial charge in [0, 0.05) is 0 Å². The molecule has 2 N–H and O–H groups in total. The van der Waals surface area contributed by atoms with E-state index < -0.39 is 11.4 Å². The smallest absolute Gasteiger partial charge is 0.303 e. The van der Waals surface area contributed by atoms with Crippen molar-refractivity contribution >= 4 is 11.4 Å². The van der Waals surface area contributed by atoms with E-state index in [1.165, 1.54) is 6.20 Å². The minimum absolute atomic E-state index is 0.00656. The van der Waals surface area contributed by atoms with Crippen molar-refractivity contribution in [2.45, 2.75) is 0 Å². The van der Waals surface area contributed by atoms with Gasteiger partial charge in [0.2, 0.25) is 0 Å². The van der Waals surface area contributed by atoms with Crippen molar-refractivity contribution in [3.63, 3.8) is 0 Å². The van der Waals surface area contributed by atoms with E-state index in [1.54, 1.807) is 0 Å². The van der Waals surface area contributed by atoms with Gasteiger partial charge in [-0.3, -0.25) is 4.55 Å². The summed E-state index contributed by atoms with van der Waals surface area (Å²) in [6.07, 6.45) is 1.37. The van der Waals surface area contributed by atoms with Crippen LogP contribution in [0.15, 0.2) is 12.8 Å². The van der Waals surface area contributed by atoms with Crippen LogP contribution in [0.4, 0.5) is 0 Å². The third-order valence-electron chi connectivity index (χ3n) is 0.387. The monoisotopic (exact) mass is 137 g/mol. The molecule has 0 saturated carbocycles. The lowest BCUT2D eigenvalue weighted by atomic mass is 11.0. The largest absolute Gasteiger partial charge is 0.368 e. The fourth-order valence-corrected chi connectivity index (χ4v) is 0.312. The Morgan fingerprint density at radius 3 is 3.00 bits per heavy atom. The number of nitrogens with one attached hydrogen (secondary N) is 1. The third-order valence-corrected chi connectivity index (χ3v) is 0.707. The molecule has 0 aromatic carbocycles. The highest BCUT2D eigenvalue weighted by Gasteiger charge is 1.86. The molecule has 1 unspecified atom stereocenters. The van der Waals surface area contributed by atoms with E-state index >= 15 is 0 Å². The molecule has 0 aromatic rings. The Morgan fingerprint density at radius 2 is 2.62 bits per heavy atom. The molecule has 0 rings (SSSR count). The predicted octanol–water partition coefficient (Wildman–Crippen LogP) is -0.170. The molecule has 0 aliphatic carbocycles. The zero-order chi connectivity index (χ0) is 6.41. The molecule has 8 heavy (non-hydrogen) atoms. The summed E-state index contributed by atoms with van der Waals surface area (Å²) in [6.45, 7) is 3.29. The minimum Gasteiger partial charge on any atom is -0.368 e. The van der Waals surface area contributed by atoms with E-state index in [0.29, 0.717) is 0 Å². The summed E-state index contributed by atoms with van der Waals surface area (Å²) in [7, 11) is 0. The summed E-state index contributed by atoms with van der Waals surface area (Å²) in [4.78, 5) is 0. The first-order valence-corrected chi connectivity index (χ1v) is 2.89. The first-order valence-electron chi connectivity index (χ1n) is 1.86. The summed E-state index contributed by atoms with van der Waals surface area (Å²) < 4.78 is 21.8. The normalized spacial score (nSPS) is 12.6. The van der Waals surface area contributed by atoms with E-state index in [2.05, 4.69) is 16.1 Å². The van der Waals surface area contributed by atoms with Crippen LogP contribution in [0.3, 0.4) is 0 Å². The SMILES string of the molecule is C=CNCOS(=O)O. The zero-order valence-corrected chi connectivity index (χ0v) is 4.98. The lowest BCUT2D eigenvalue weighted by molar-refractivity contribution is 0.295. The first-order chi connectivity index (χ1) is 3.77. The topological polar surface area (TPSA) is 58.6 Å². The highest BCUT2D eigenvalue weighted by atomic mass is 32.2. The molecule has 1 atom stereocenters. The standard InChI is InChI=1S/C3H7NO3S/c1-2-4-3-7-8(5)6/h2,4H,1,3H2,(H,5,6). The van der Waals surface area contributed by atoms with Crippen molar-refractivity contribution in [2.24, 2.45) is 0 Å². The van der Waals surface area contributed by atoms with Crippen LogP contribution in [0.2, 0.25) is 0 Å². The Kier molecular flexibility index (Phi) is 4.53. The Bertz CT molecular complexity index is 94.5. The molecular formula is C3H7NO3S. The van der Waals surface area contributed by atoms with Gasteiger partial charge in [-0.15, -0.1) is 0 Å². The van der Waals surface area contributed by atoms with Crippen molar-refractivity contribution in [1.82, 2.24) is 5.32 Å². The average Bonchev–Trinajstić information content (AvgIpc) is 1.66. The Balaban J connectivity index is 2.93. The van der Waals surface area contributed by atoms with Crippen LogP contribution >= 0.6 is 0 Å². The van der Waals surface area contributed by atoms with Crippen LogP contribution in [0.1, 0.15) is 0 Å². The zero-order valence-electron chi connectivity index (χ0n) is 4.16. The van der Waals surface area contributed by atoms with Crippen LogP contribution in [0, 0.1) is 0 Å². The van der Waals surface area contributed by atoms with Crippen LogP contribution in [0.25, 0.3) is 0 Å². The molecule has 5 heteroatoms. The molecule has 0 saturated heterocycles. The predicted molar refractivity (Wildman–Crippen MR) is 30.1 cm³/mol. The molecule has 48 valence electrons. The van der Waals surface area contributed by atoms with Gasteiger partial charge < -0.3 is 5.32 Å². The third kappa shape index (κ3) is 5.61. The molecule has 0 fully saturated rings. The molecule has 0 aromatic heterocycles. The molecule has 0 amide bonds. The maximum absolute atomic E-state index is 9.69. The van der Waals surface area contributed by atoms with Crippen LogP contribution in [0.5, 0.6) is 0 Å². The van der Waals surface area contributed by atoms with Gasteiger partial charge in [0.25, 0.3) is 0 Å². The minimum atomic E-state index is -2.18. The highest BCUT2D eigenvalue weighted by Crippen LogP contribution is 1.72. The van der Waals surface area contributed by atoms with Gasteiger partial charge in [-0.1, -0.05) is 6.58 Å². The van der Waals surface area contributed by atoms with Crippen molar-refractivity contribution in [3.05, 3.63) is 12.8 Å². The molecule has 0 aliphatic rings. The quantitative estimate of drug-likeness (QED) is 0.321. The summed E-state index contributed by atoms with van der Waals surface area (Å²) in [5.74, 6) is 0. The van der Waals surface area contributed by atoms with Gasteiger partial charge >= 0.3 is 11.4 Å². The highest BCUT2D eigenvalue weighted by molar-refractivity contribution is 7.74. The van der Waals surface area contributed by atoms with Gasteiger partial charge in [-0.2, -0.15) is 4.21 Å². The lowest BCUT2D eigenvalue weighted by Crippen LogP contribution is -2.11. The fraction of sp³-hybridized carbons (Fsp3) is 0.333. The summed E-state index contributed by atoms with van der Waals surface area (Å²) >= 11 is -2.18. The number of rotatable bonds is 4. The average molecular weight is 137 g/mol. The van der Waals surface area contributed by atoms with Gasteiger partial charge in [0.15, 0.2) is 0 Å². The van der Waals surface area contributed by atoms with Gasteiger partial charge in [-0.05, 0) is 6.20 Å². The van der Waals surface area contributed by atoms with Crippen LogP contribution in [-0.4, -0.2) is 15.5 Å². The van der Waals surface area contributed by atoms with Gasteiger partial charge in [0.1, 0.15) is 6.73 Å². The first kappa shape index (κ1) is 7.61. The molecule has 4 nitrogen and oxygen atoms in total. The van der Waals surface area contributed by atoms with Crippen molar-refractivity contribution < 1.29 is 12.9 Å². The Labute approximate surface area is 50.0 Å². The molecular weight excluding hydrogens is 130 g/mol. The van der Waals surface area contributed by atoms with Crippen LogP contribution in [-0.2, 0) is 15.5 Å². The second-order valence-electron chi connectivity index (χ2n) is 0.888. The molecule has 0 radical (unpaired) electrons. The molecule has 0 spiro atoms. The number of hydrogen-bond donors (Lipinski definition) is 2. The maximum Gasteiger partial charge on any atom is 0.303 e. The van der Waals surface area contributed by atoms with Crippen molar-refractivity contribution in [1.29, 1.82) is 0 Å². The second kappa shape index (κ2) is 4.76. The van der Waals surface area contributed by atoms with E-state index in [9.17, 15) is 4.21 Å². The van der Waals surface area contributed by atoms with Gasteiger partial charge in [-0.25, -0.2) is 4.18 Å². The number of hydrogen-bond acceptors (Lipinski definition) is 3. The van der Waals surface area contributed by atoms with E-state index in [1.807, 2.05) is 0 Å². The van der Waals surface area contributed by atoms with Crippen molar-refractivity contribution in [2.75, 3.05) is 6.73 Å². The van der Waals surface area contributed by atoms with E-state index in [0.717, 1.165) is 0 Å². The summed E-state index contributed by atoms with van der Waals surface area (Å²) in [5, 5.41) is 2.47. The maximum atomic E-state index is 9.69. The molecule has 0 heterocycles. The molecule has 0 aliphatic heterocycles. The Hall–Kier alpha value is -0.390. The van der Waals surface area contributed by atoms with E-state index in [-0.39, 0.29) is 6.73 Å². The fourth-order valence-electron chi connectivity index (χ4n) is 0.143. The summed E-state index contributed by atoms with van der Waals surface area (Å²) in [5.41, 5.74) is 0. The molecule has 0 bridgehead atoms. The van der Waals surface area contributed by atoms with Gasteiger partial charge in [0.05, 0.1) is 0 Å². The Morgan fingerprint density at radius 1 is 2.00 bits per heavy atom. The van der Waals surface area contributed by atoms with E-state index in [4.69, 9.17) is 4.55 Å². The summed E-state index contributed by atoms with van der Waals surface area (Å²) in [6, 6.07) is 0. The van der Waals surface area contributed by atoms with Crippen molar-refractivity contribution in [3.8, 4) is 0 Å².